The van der Waals surface area contributed by atoms with Gasteiger partial charge in [-0.15, -0.1) is 0 Å². The number of non-ortho nitro benzene ring substituents is 1. The molecule has 2 aromatic heterocycles. The van der Waals surface area contributed by atoms with Crippen molar-refractivity contribution in [1.82, 2.24) is 20.1 Å². The molecular weight excluding hydrogens is 467 g/mol. The third-order valence-electron chi connectivity index (χ3n) is 6.11. The molecule has 1 aliphatic heterocycles. The minimum Gasteiger partial charge on any atom is -0.362 e. The van der Waals surface area contributed by atoms with Crippen LogP contribution in [0.1, 0.15) is 31.0 Å². The van der Waals surface area contributed by atoms with Crippen molar-refractivity contribution in [1.29, 1.82) is 0 Å². The molecule has 1 saturated heterocycles. The summed E-state index contributed by atoms with van der Waals surface area (Å²) in [6.45, 7) is 6.04. The number of hydrogen-bond donors (Lipinski definition) is 2. The second-order valence-corrected chi connectivity index (χ2v) is 8.73. The predicted octanol–water partition coefficient (Wildman–Crippen LogP) is 3.56. The zero-order valence-corrected chi connectivity index (χ0v) is 19.3. The van der Waals surface area contributed by atoms with Crippen LogP contribution in [0.25, 0.3) is 10.8 Å². The molecule has 3 heterocycles. The number of piperazine rings is 1. The van der Waals surface area contributed by atoms with Gasteiger partial charge in [-0.3, -0.25) is 14.9 Å². The molecule has 0 aliphatic carbocycles. The Hall–Kier alpha value is -3.74. The molecule has 186 valence electrons. The van der Waals surface area contributed by atoms with E-state index >= 15 is 0 Å². The molecule has 0 spiro atoms. The van der Waals surface area contributed by atoms with Crippen LogP contribution in [-0.4, -0.2) is 57.7 Å². The van der Waals surface area contributed by atoms with Gasteiger partial charge >= 0.3 is 6.18 Å². The van der Waals surface area contributed by atoms with Gasteiger partial charge in [0, 0.05) is 49.4 Å². The lowest BCUT2D eigenvalue weighted by Gasteiger charge is -2.39. The molecule has 13 heteroatoms. The van der Waals surface area contributed by atoms with Crippen LogP contribution in [-0.2, 0) is 6.18 Å². The molecule has 1 aliphatic rings. The summed E-state index contributed by atoms with van der Waals surface area (Å²) in [6, 6.07) is 3.55. The first-order chi connectivity index (χ1) is 16.4. The molecule has 35 heavy (non-hydrogen) atoms. The highest BCUT2D eigenvalue weighted by atomic mass is 19.4. The van der Waals surface area contributed by atoms with Crippen LogP contribution in [0.2, 0.25) is 0 Å². The number of aromatic amines is 1. The van der Waals surface area contributed by atoms with Gasteiger partial charge in [-0.05, 0) is 38.6 Å². The number of pyridine rings is 1. The number of alkyl halides is 3. The first-order valence-corrected chi connectivity index (χ1v) is 10.9. The van der Waals surface area contributed by atoms with E-state index in [1.54, 1.807) is 13.0 Å². The molecule has 0 unspecified atom stereocenters. The molecule has 1 aromatic carbocycles. The predicted molar refractivity (Wildman–Crippen MR) is 125 cm³/mol. The van der Waals surface area contributed by atoms with Crippen molar-refractivity contribution < 1.29 is 18.1 Å². The maximum absolute atomic E-state index is 13.3. The van der Waals surface area contributed by atoms with Crippen molar-refractivity contribution in [2.24, 2.45) is 0 Å². The molecule has 0 amide bonds. The number of fused-ring (bicyclic) bond motifs is 1. The number of anilines is 2. The Bertz CT molecular complexity index is 1330. The lowest BCUT2D eigenvalue weighted by molar-refractivity contribution is -0.385. The van der Waals surface area contributed by atoms with Gasteiger partial charge < -0.3 is 15.1 Å². The lowest BCUT2D eigenvalue weighted by Crippen LogP contribution is -2.50. The highest BCUT2D eigenvalue weighted by Crippen LogP contribution is 2.35. The van der Waals surface area contributed by atoms with Gasteiger partial charge in [0.15, 0.2) is 5.82 Å². The van der Waals surface area contributed by atoms with Crippen LogP contribution in [0.5, 0.6) is 0 Å². The largest absolute Gasteiger partial charge is 0.416 e. The Labute approximate surface area is 197 Å². The van der Waals surface area contributed by atoms with E-state index in [2.05, 4.69) is 37.2 Å². The number of nitrogens with one attached hydrogen (secondary N) is 2. The molecule has 3 aromatic rings. The van der Waals surface area contributed by atoms with Crippen LogP contribution in [0.4, 0.5) is 30.5 Å². The Kier molecular flexibility index (Phi) is 6.36. The summed E-state index contributed by atoms with van der Waals surface area (Å²) in [5.41, 5.74) is -2.20. The zero-order valence-electron chi connectivity index (χ0n) is 19.3. The highest BCUT2D eigenvalue weighted by Gasteiger charge is 2.33. The normalized spacial score (nSPS) is 18.0. The van der Waals surface area contributed by atoms with Gasteiger partial charge in [0.2, 0.25) is 0 Å². The Morgan fingerprint density at radius 3 is 2.63 bits per heavy atom. The molecule has 0 saturated carbocycles. The molecule has 4 rings (SSSR count). The zero-order chi connectivity index (χ0) is 25.5. The molecule has 2 atom stereocenters. The van der Waals surface area contributed by atoms with E-state index in [1.807, 2.05) is 7.05 Å². The SMILES string of the molecule is C[C@@H](Nc1n[nH]c(=O)c2cnc(N3CCN(C)C[C@@H]3C)cc12)c1cc([N+](=O)[O-])cc(C(F)(F)F)c1. The molecule has 2 N–H and O–H groups in total. The molecule has 0 radical (unpaired) electrons. The quantitative estimate of drug-likeness (QED) is 0.411. The average Bonchev–Trinajstić information content (AvgIpc) is 2.79. The number of nitro benzene ring substituents is 1. The summed E-state index contributed by atoms with van der Waals surface area (Å²) in [5, 5.41) is 21.3. The van der Waals surface area contributed by atoms with E-state index in [4.69, 9.17) is 0 Å². The standard InChI is InChI=1S/C22H24F3N7O3/c1-12-11-30(3)4-5-31(12)19-9-17-18(10-26-19)21(33)29-28-20(17)27-13(2)14-6-15(22(23,24)25)8-16(7-14)32(34)35/h6-10,12-13H,4-5,11H2,1-3H3,(H,27,28)(H,29,33)/t12-,13+/m0/s1. The molecule has 10 nitrogen and oxygen atoms in total. The van der Waals surface area contributed by atoms with E-state index in [9.17, 15) is 28.1 Å². The van der Waals surface area contributed by atoms with Gasteiger partial charge in [0.1, 0.15) is 5.82 Å². The Balaban J connectivity index is 1.72. The fraction of sp³-hybridized carbons (Fsp3) is 0.409. The van der Waals surface area contributed by atoms with Gasteiger partial charge in [0.05, 0.1) is 21.9 Å². The van der Waals surface area contributed by atoms with E-state index in [-0.39, 0.29) is 22.8 Å². The fourth-order valence-electron chi connectivity index (χ4n) is 4.24. The Morgan fingerprint density at radius 1 is 1.23 bits per heavy atom. The number of nitrogens with zero attached hydrogens (tertiary/aromatic N) is 5. The maximum Gasteiger partial charge on any atom is 0.416 e. The second-order valence-electron chi connectivity index (χ2n) is 8.73. The van der Waals surface area contributed by atoms with Crippen molar-refractivity contribution in [3.05, 3.63) is 62.1 Å². The van der Waals surface area contributed by atoms with Crippen LogP contribution < -0.4 is 15.8 Å². The van der Waals surface area contributed by atoms with Crippen molar-refractivity contribution in [3.63, 3.8) is 0 Å². The number of hydrogen-bond acceptors (Lipinski definition) is 8. The lowest BCUT2D eigenvalue weighted by atomic mass is 10.0. The maximum atomic E-state index is 13.3. The molecule has 0 bridgehead atoms. The van der Waals surface area contributed by atoms with Crippen LogP contribution in [0, 0.1) is 10.1 Å². The van der Waals surface area contributed by atoms with Gasteiger partial charge in [0.25, 0.3) is 11.2 Å². The summed E-state index contributed by atoms with van der Waals surface area (Å²) in [5.74, 6) is 0.869. The molecular formula is C22H24F3N7O3. The van der Waals surface area contributed by atoms with Crippen LogP contribution in [0.3, 0.4) is 0 Å². The van der Waals surface area contributed by atoms with Crippen molar-refractivity contribution >= 4 is 28.1 Å². The average molecular weight is 491 g/mol. The smallest absolute Gasteiger partial charge is 0.362 e. The Morgan fingerprint density at radius 2 is 1.97 bits per heavy atom. The van der Waals surface area contributed by atoms with E-state index < -0.39 is 34.0 Å². The van der Waals surface area contributed by atoms with Crippen LogP contribution >= 0.6 is 0 Å². The second kappa shape index (κ2) is 9.13. The summed E-state index contributed by atoms with van der Waals surface area (Å²) in [4.78, 5) is 31.5. The number of aromatic nitrogens is 3. The number of benzene rings is 1. The monoisotopic (exact) mass is 491 g/mol. The third-order valence-corrected chi connectivity index (χ3v) is 6.11. The summed E-state index contributed by atoms with van der Waals surface area (Å²) in [6.07, 6.45) is -3.30. The number of H-pyrrole nitrogens is 1. The summed E-state index contributed by atoms with van der Waals surface area (Å²) >= 11 is 0. The van der Waals surface area contributed by atoms with E-state index in [1.165, 1.54) is 6.20 Å². The highest BCUT2D eigenvalue weighted by molar-refractivity contribution is 5.92. The van der Waals surface area contributed by atoms with Gasteiger partial charge in [-0.25, -0.2) is 10.1 Å². The number of halogens is 3. The number of nitro groups is 1. The fourth-order valence-corrected chi connectivity index (χ4v) is 4.24. The van der Waals surface area contributed by atoms with Crippen LogP contribution in [0.15, 0.2) is 35.3 Å². The van der Waals surface area contributed by atoms with Crippen molar-refractivity contribution in [2.45, 2.75) is 32.1 Å². The number of rotatable bonds is 5. The third kappa shape index (κ3) is 5.04. The van der Waals surface area contributed by atoms with E-state index in [0.29, 0.717) is 17.3 Å². The minimum atomic E-state index is -4.75. The van der Waals surface area contributed by atoms with E-state index in [0.717, 1.165) is 31.8 Å². The topological polar surface area (TPSA) is 120 Å². The summed E-state index contributed by atoms with van der Waals surface area (Å²) in [7, 11) is 2.03. The van der Waals surface area contributed by atoms with Crippen molar-refractivity contribution in [3.8, 4) is 0 Å². The van der Waals surface area contributed by atoms with Gasteiger partial charge in [-0.1, -0.05) is 0 Å². The first-order valence-electron chi connectivity index (χ1n) is 10.9. The number of likely N-dealkylation sites (N-methyl/N-ethyl adjacent to an activating group) is 1. The van der Waals surface area contributed by atoms with Crippen molar-refractivity contribution in [2.75, 3.05) is 36.9 Å². The summed E-state index contributed by atoms with van der Waals surface area (Å²) < 4.78 is 40.0. The minimum absolute atomic E-state index is 0.0506. The molecule has 1 fully saturated rings. The van der Waals surface area contributed by atoms with Gasteiger partial charge in [-0.2, -0.15) is 18.3 Å². The first kappa shape index (κ1) is 24.4.